The molecule has 6 heteroatoms. The zero-order chi connectivity index (χ0) is 32.5. The first kappa shape index (κ1) is 34.0. The third kappa shape index (κ3) is 8.14. The van der Waals surface area contributed by atoms with Gasteiger partial charge >= 0.3 is 0 Å². The number of fused-ring (bicyclic) bond motifs is 8. The predicted molar refractivity (Wildman–Crippen MR) is 190 cm³/mol. The highest BCUT2D eigenvalue weighted by atomic mass is 35.5. The molecular weight excluding hydrogens is 615 g/mol. The number of ether oxygens (including phenoxy) is 4. The molecule has 0 amide bonds. The Hall–Kier alpha value is -3.34. The SMILES string of the molecule is CCCOc1c2cccc1Cc1cc(Cl)cc(c1OCCC)Cc1cccc(c1OCCC)Cc1cc(Cl)cc(c1OCCC)C2. The highest BCUT2D eigenvalue weighted by Crippen LogP contribution is 2.40. The van der Waals surface area contributed by atoms with E-state index >= 15 is 0 Å². The zero-order valence-corrected chi connectivity index (χ0v) is 29.2. The third-order valence-corrected chi connectivity index (χ3v) is 8.53. The van der Waals surface area contributed by atoms with Crippen LogP contribution in [0.2, 0.25) is 10.0 Å². The summed E-state index contributed by atoms with van der Waals surface area (Å²) in [6.45, 7) is 11.0. The Balaban J connectivity index is 1.79. The molecule has 4 nitrogen and oxygen atoms in total. The van der Waals surface area contributed by atoms with Crippen molar-refractivity contribution >= 4 is 23.2 Å². The van der Waals surface area contributed by atoms with Crippen LogP contribution in [0.5, 0.6) is 23.0 Å². The average molecular weight is 662 g/mol. The summed E-state index contributed by atoms with van der Waals surface area (Å²) in [5, 5.41) is 1.38. The Morgan fingerprint density at radius 3 is 0.891 bits per heavy atom. The van der Waals surface area contributed by atoms with E-state index in [1.807, 2.05) is 24.3 Å². The van der Waals surface area contributed by atoms with Gasteiger partial charge in [-0.05, 0) is 72.2 Å². The van der Waals surface area contributed by atoms with E-state index in [2.05, 4.69) is 64.1 Å². The number of para-hydroxylation sites is 2. The van der Waals surface area contributed by atoms with E-state index in [9.17, 15) is 0 Å². The lowest BCUT2D eigenvalue weighted by Crippen LogP contribution is -2.10. The topological polar surface area (TPSA) is 36.9 Å². The van der Waals surface area contributed by atoms with E-state index < -0.39 is 0 Å². The summed E-state index contributed by atoms with van der Waals surface area (Å²) in [7, 11) is 0. The molecule has 0 aliphatic heterocycles. The number of hydrogen-bond acceptors (Lipinski definition) is 4. The number of benzene rings is 4. The molecule has 0 saturated carbocycles. The number of rotatable bonds is 12. The molecule has 1 aliphatic rings. The van der Waals surface area contributed by atoms with E-state index in [1.54, 1.807) is 0 Å². The minimum atomic E-state index is 0.621. The molecule has 0 N–H and O–H groups in total. The molecule has 0 aromatic heterocycles. The maximum Gasteiger partial charge on any atom is 0.126 e. The molecule has 5 rings (SSSR count). The third-order valence-electron chi connectivity index (χ3n) is 8.10. The first-order chi connectivity index (χ1) is 22.4. The largest absolute Gasteiger partial charge is 0.493 e. The second-order valence-corrected chi connectivity index (χ2v) is 12.9. The van der Waals surface area contributed by atoms with Crippen LogP contribution in [0.25, 0.3) is 0 Å². The standard InChI is InChI=1S/C40H46Cl2O4/c1-5-15-43-37-27-11-9-12-28(37)20-32-24-36(42)26-34(40(32)46-18-8-4)22-30-14-10-13-29(38(30)44-16-6-2)21-33-25-35(41)23-31(19-27)39(33)45-17-7-3/h9-14,23-26H,5-8,15-22H2,1-4H3. The van der Waals surface area contributed by atoms with E-state index in [1.165, 1.54) is 0 Å². The molecule has 0 saturated heterocycles. The van der Waals surface area contributed by atoms with Gasteiger partial charge in [-0.15, -0.1) is 0 Å². The summed E-state index contributed by atoms with van der Waals surface area (Å²) >= 11 is 13.7. The molecule has 0 atom stereocenters. The molecule has 244 valence electrons. The van der Waals surface area contributed by atoms with Gasteiger partial charge in [-0.2, -0.15) is 0 Å². The van der Waals surface area contributed by atoms with E-state index in [-0.39, 0.29) is 0 Å². The van der Waals surface area contributed by atoms with Crippen molar-refractivity contribution in [2.24, 2.45) is 0 Å². The van der Waals surface area contributed by atoms with Crippen molar-refractivity contribution in [1.29, 1.82) is 0 Å². The number of hydrogen-bond donors (Lipinski definition) is 0. The van der Waals surface area contributed by atoms with Crippen molar-refractivity contribution in [1.82, 2.24) is 0 Å². The normalized spacial score (nSPS) is 12.5. The Kier molecular flexibility index (Phi) is 12.2. The summed E-state index contributed by atoms with van der Waals surface area (Å²) in [5.41, 5.74) is 8.58. The fourth-order valence-corrected chi connectivity index (χ4v) is 6.69. The van der Waals surface area contributed by atoms with Gasteiger partial charge in [-0.25, -0.2) is 0 Å². The van der Waals surface area contributed by atoms with Crippen LogP contribution < -0.4 is 18.9 Å². The quantitative estimate of drug-likeness (QED) is 0.133. The van der Waals surface area contributed by atoms with Gasteiger partial charge in [0.25, 0.3) is 0 Å². The highest BCUT2D eigenvalue weighted by Gasteiger charge is 2.22. The molecule has 0 unspecified atom stereocenters. The minimum Gasteiger partial charge on any atom is -0.493 e. The highest BCUT2D eigenvalue weighted by molar-refractivity contribution is 6.31. The van der Waals surface area contributed by atoms with E-state index in [4.69, 9.17) is 42.1 Å². The lowest BCUT2D eigenvalue weighted by Gasteiger charge is -2.23. The smallest absolute Gasteiger partial charge is 0.126 e. The van der Waals surface area contributed by atoms with Crippen molar-refractivity contribution in [3.05, 3.63) is 115 Å². The molecule has 0 heterocycles. The summed E-state index contributed by atoms with van der Waals surface area (Å²) in [6.07, 6.45) is 6.13. The van der Waals surface area contributed by atoms with Gasteiger partial charge in [0, 0.05) is 58.0 Å². The summed E-state index contributed by atoms with van der Waals surface area (Å²) in [5.74, 6) is 3.60. The van der Waals surface area contributed by atoms with Crippen molar-refractivity contribution < 1.29 is 18.9 Å². The van der Waals surface area contributed by atoms with Gasteiger partial charge in [-0.3, -0.25) is 0 Å². The average Bonchev–Trinajstić information content (AvgIpc) is 3.03. The molecule has 1 aliphatic carbocycles. The monoisotopic (exact) mass is 660 g/mol. The summed E-state index contributed by atoms with van der Waals surface area (Å²) in [6, 6.07) is 21.0. The molecular formula is C40H46Cl2O4. The first-order valence-corrected chi connectivity index (χ1v) is 17.6. The predicted octanol–water partition coefficient (Wildman–Crippen LogP) is 10.8. The van der Waals surface area contributed by atoms with Crippen LogP contribution in [0.1, 0.15) is 97.9 Å². The van der Waals surface area contributed by atoms with Gasteiger partial charge < -0.3 is 18.9 Å². The van der Waals surface area contributed by atoms with Crippen molar-refractivity contribution in [3.63, 3.8) is 0 Å². The van der Waals surface area contributed by atoms with Crippen LogP contribution in [-0.2, 0) is 25.7 Å². The maximum absolute atomic E-state index is 6.86. The zero-order valence-electron chi connectivity index (χ0n) is 27.6. The van der Waals surface area contributed by atoms with Crippen LogP contribution >= 0.6 is 23.2 Å². The molecule has 8 bridgehead atoms. The van der Waals surface area contributed by atoms with Crippen LogP contribution in [0.15, 0.2) is 60.7 Å². The van der Waals surface area contributed by atoms with Gasteiger partial charge in [0.1, 0.15) is 23.0 Å². The van der Waals surface area contributed by atoms with Gasteiger partial charge in [-0.1, -0.05) is 87.3 Å². The van der Waals surface area contributed by atoms with Crippen LogP contribution in [0.4, 0.5) is 0 Å². The summed E-state index contributed by atoms with van der Waals surface area (Å²) < 4.78 is 26.1. The summed E-state index contributed by atoms with van der Waals surface area (Å²) in [4.78, 5) is 0. The number of halogens is 2. The second-order valence-electron chi connectivity index (χ2n) is 12.0. The molecule has 0 spiro atoms. The Morgan fingerprint density at radius 1 is 0.413 bits per heavy atom. The van der Waals surface area contributed by atoms with Gasteiger partial charge in [0.15, 0.2) is 0 Å². The van der Waals surface area contributed by atoms with Gasteiger partial charge in [0.2, 0.25) is 0 Å². The van der Waals surface area contributed by atoms with Crippen molar-refractivity contribution in [2.75, 3.05) is 26.4 Å². The van der Waals surface area contributed by atoms with Crippen molar-refractivity contribution in [2.45, 2.75) is 79.1 Å². The molecule has 4 aromatic rings. The second kappa shape index (κ2) is 16.5. The molecule has 0 fully saturated rings. The lowest BCUT2D eigenvalue weighted by molar-refractivity contribution is 0.304. The molecule has 0 radical (unpaired) electrons. The minimum absolute atomic E-state index is 0.621. The molecule has 46 heavy (non-hydrogen) atoms. The van der Waals surface area contributed by atoms with Crippen LogP contribution in [0, 0.1) is 0 Å². The van der Waals surface area contributed by atoms with E-state index in [0.29, 0.717) is 62.2 Å². The lowest BCUT2D eigenvalue weighted by atomic mass is 9.91. The fraction of sp³-hybridized carbons (Fsp3) is 0.400. The van der Waals surface area contributed by atoms with E-state index in [0.717, 1.165) is 93.2 Å². The first-order valence-electron chi connectivity index (χ1n) is 16.8. The molecule has 4 aromatic carbocycles. The Bertz CT molecular complexity index is 1420. The maximum atomic E-state index is 6.86. The van der Waals surface area contributed by atoms with Crippen LogP contribution in [0.3, 0.4) is 0 Å². The Morgan fingerprint density at radius 2 is 0.652 bits per heavy atom. The Labute approximate surface area is 284 Å². The fourth-order valence-electron chi connectivity index (χ4n) is 6.16. The van der Waals surface area contributed by atoms with Crippen LogP contribution in [-0.4, -0.2) is 26.4 Å². The van der Waals surface area contributed by atoms with Gasteiger partial charge in [0.05, 0.1) is 26.4 Å². The van der Waals surface area contributed by atoms with Crippen molar-refractivity contribution in [3.8, 4) is 23.0 Å².